The first-order valence-electron chi connectivity index (χ1n) is 4.29. The molecule has 0 saturated carbocycles. The largest absolute Gasteiger partial charge is 0.433 e. The van der Waals surface area contributed by atoms with E-state index in [2.05, 4.69) is 4.74 Å². The van der Waals surface area contributed by atoms with Gasteiger partial charge in [-0.3, -0.25) is 10.1 Å². The molecule has 1 aromatic rings. The van der Waals surface area contributed by atoms with Crippen molar-refractivity contribution in [3.63, 3.8) is 0 Å². The van der Waals surface area contributed by atoms with E-state index in [4.69, 9.17) is 15.9 Å². The molecule has 0 saturated heterocycles. The van der Waals surface area contributed by atoms with Crippen molar-refractivity contribution >= 4 is 25.4 Å². The molecule has 0 unspecified atom stereocenters. The molecule has 19 heavy (non-hydrogen) atoms. The summed E-state index contributed by atoms with van der Waals surface area (Å²) in [5.74, 6) is -0.938. The van der Waals surface area contributed by atoms with Crippen LogP contribution in [0, 0.1) is 21.4 Å². The minimum absolute atomic E-state index is 0.387. The zero-order chi connectivity index (χ0) is 14.8. The lowest BCUT2D eigenvalue weighted by molar-refractivity contribution is -0.385. The third kappa shape index (κ3) is 3.49. The average molecular weight is 313 g/mol. The normalized spacial score (nSPS) is 11.1. The second kappa shape index (κ2) is 5.33. The molecule has 0 aliphatic carbocycles. The van der Waals surface area contributed by atoms with Crippen molar-refractivity contribution in [1.82, 2.24) is 0 Å². The lowest BCUT2D eigenvalue weighted by Crippen LogP contribution is -2.07. The van der Waals surface area contributed by atoms with Gasteiger partial charge in [0.05, 0.1) is 4.92 Å². The van der Waals surface area contributed by atoms with Gasteiger partial charge in [0.1, 0.15) is 22.3 Å². The van der Waals surface area contributed by atoms with Crippen LogP contribution >= 0.6 is 10.7 Å². The van der Waals surface area contributed by atoms with Crippen molar-refractivity contribution in [1.29, 1.82) is 5.26 Å². The molecule has 0 atom stereocenters. The number of alkyl halides is 2. The average Bonchev–Trinajstić information content (AvgIpc) is 2.25. The number of ether oxygens (including phenoxy) is 1. The summed E-state index contributed by atoms with van der Waals surface area (Å²) in [7, 11) is 0.401. The van der Waals surface area contributed by atoms with Crippen LogP contribution in [0.25, 0.3) is 0 Å². The summed E-state index contributed by atoms with van der Waals surface area (Å²) in [6.45, 7) is -3.38. The van der Waals surface area contributed by atoms with Gasteiger partial charge in [-0.15, -0.1) is 0 Å². The first-order chi connectivity index (χ1) is 8.66. The van der Waals surface area contributed by atoms with Crippen molar-refractivity contribution in [2.45, 2.75) is 11.5 Å². The van der Waals surface area contributed by atoms with Crippen molar-refractivity contribution in [3.8, 4) is 11.8 Å². The Hall–Kier alpha value is -1.99. The number of nitro groups is 1. The summed E-state index contributed by atoms with van der Waals surface area (Å²) < 4.78 is 50.4. The molecule has 0 aliphatic rings. The van der Waals surface area contributed by atoms with Gasteiger partial charge in [-0.25, -0.2) is 8.42 Å². The van der Waals surface area contributed by atoms with Crippen LogP contribution in [0.2, 0.25) is 0 Å². The van der Waals surface area contributed by atoms with Crippen LogP contribution in [0.5, 0.6) is 5.75 Å². The molecule has 0 amide bonds. The van der Waals surface area contributed by atoms with Crippen molar-refractivity contribution < 1.29 is 26.9 Å². The summed E-state index contributed by atoms with van der Waals surface area (Å²) in [5, 5.41) is 19.3. The Morgan fingerprint density at radius 1 is 1.47 bits per heavy atom. The van der Waals surface area contributed by atoms with Gasteiger partial charge in [0.15, 0.2) is 0 Å². The second-order valence-electron chi connectivity index (χ2n) is 3.00. The highest BCUT2D eigenvalue weighted by atomic mass is 35.7. The van der Waals surface area contributed by atoms with Crippen molar-refractivity contribution in [2.24, 2.45) is 0 Å². The molecule has 0 bridgehead atoms. The Kier molecular flexibility index (Phi) is 4.23. The summed E-state index contributed by atoms with van der Waals surface area (Å²) in [4.78, 5) is 8.56. The predicted molar refractivity (Wildman–Crippen MR) is 57.5 cm³/mol. The fourth-order valence-electron chi connectivity index (χ4n) is 1.17. The van der Waals surface area contributed by atoms with Gasteiger partial charge in [-0.1, -0.05) is 0 Å². The fraction of sp³-hybridized carbons (Fsp3) is 0.125. The van der Waals surface area contributed by atoms with Gasteiger partial charge >= 0.3 is 6.61 Å². The van der Waals surface area contributed by atoms with Crippen LogP contribution in [0.1, 0.15) is 5.56 Å². The van der Waals surface area contributed by atoms with E-state index in [-0.39, 0.29) is 0 Å². The maximum absolute atomic E-state index is 12.1. The molecule has 0 heterocycles. The summed E-state index contributed by atoms with van der Waals surface area (Å²) in [5.41, 5.74) is -1.52. The standard InChI is InChI=1S/C8H3ClF2N2O5S/c9-19(16,17)7-2-5(13(14)15)4(3-12)1-6(7)18-8(10)11/h1-2,8H. The molecule has 0 aliphatic heterocycles. The van der Waals surface area contributed by atoms with E-state index in [0.717, 1.165) is 0 Å². The molecule has 1 rings (SSSR count). The van der Waals surface area contributed by atoms with Gasteiger partial charge in [0.2, 0.25) is 0 Å². The first-order valence-corrected chi connectivity index (χ1v) is 6.59. The molecule has 0 aromatic heterocycles. The van der Waals surface area contributed by atoms with Crippen LogP contribution in [0.4, 0.5) is 14.5 Å². The van der Waals surface area contributed by atoms with Gasteiger partial charge in [0, 0.05) is 22.8 Å². The highest BCUT2D eigenvalue weighted by molar-refractivity contribution is 8.13. The van der Waals surface area contributed by atoms with Crippen LogP contribution in [0.3, 0.4) is 0 Å². The maximum Gasteiger partial charge on any atom is 0.387 e. The van der Waals surface area contributed by atoms with E-state index in [1.54, 1.807) is 0 Å². The molecular formula is C8H3ClF2N2O5S. The smallest absolute Gasteiger partial charge is 0.387 e. The zero-order valence-electron chi connectivity index (χ0n) is 8.71. The van der Waals surface area contributed by atoms with Gasteiger partial charge in [-0.05, 0) is 0 Å². The Bertz CT molecular complexity index is 670. The van der Waals surface area contributed by atoms with Crippen LogP contribution in [0.15, 0.2) is 17.0 Å². The highest BCUT2D eigenvalue weighted by Gasteiger charge is 2.26. The van der Waals surface area contributed by atoms with Crippen molar-refractivity contribution in [3.05, 3.63) is 27.8 Å². The van der Waals surface area contributed by atoms with Gasteiger partial charge in [0.25, 0.3) is 14.7 Å². The highest BCUT2D eigenvalue weighted by Crippen LogP contribution is 2.34. The molecule has 0 spiro atoms. The quantitative estimate of drug-likeness (QED) is 0.477. The lowest BCUT2D eigenvalue weighted by Gasteiger charge is -2.08. The minimum Gasteiger partial charge on any atom is -0.433 e. The molecule has 102 valence electrons. The van der Waals surface area contributed by atoms with E-state index < -0.39 is 42.5 Å². The number of nitriles is 1. The second-order valence-corrected chi connectivity index (χ2v) is 5.54. The third-order valence-corrected chi connectivity index (χ3v) is 3.20. The van der Waals surface area contributed by atoms with Crippen LogP contribution in [-0.2, 0) is 9.05 Å². The Morgan fingerprint density at radius 2 is 2.05 bits per heavy atom. The monoisotopic (exact) mass is 312 g/mol. The maximum atomic E-state index is 12.1. The first kappa shape index (κ1) is 15.1. The van der Waals surface area contributed by atoms with Gasteiger partial charge in [-0.2, -0.15) is 14.0 Å². The Balaban J connectivity index is 3.64. The molecule has 1 aromatic carbocycles. The molecule has 11 heteroatoms. The topological polar surface area (TPSA) is 110 Å². The summed E-state index contributed by atoms with van der Waals surface area (Å²) in [6, 6.07) is 2.27. The molecule has 0 radical (unpaired) electrons. The van der Waals surface area contributed by atoms with E-state index in [9.17, 15) is 27.3 Å². The number of benzene rings is 1. The zero-order valence-corrected chi connectivity index (χ0v) is 10.3. The van der Waals surface area contributed by atoms with E-state index in [1.807, 2.05) is 0 Å². The lowest BCUT2D eigenvalue weighted by atomic mass is 10.2. The number of rotatable bonds is 4. The number of hydrogen-bond donors (Lipinski definition) is 0. The van der Waals surface area contributed by atoms with E-state index >= 15 is 0 Å². The third-order valence-electron chi connectivity index (χ3n) is 1.86. The predicted octanol–water partition coefficient (Wildman–Crippen LogP) is 2.00. The summed E-state index contributed by atoms with van der Waals surface area (Å²) in [6.07, 6.45) is 0. The SMILES string of the molecule is N#Cc1cc(OC(F)F)c(S(=O)(=O)Cl)cc1[N+](=O)[O-]. The number of nitrogens with zero attached hydrogens (tertiary/aromatic N) is 2. The Morgan fingerprint density at radius 3 is 2.42 bits per heavy atom. The number of hydrogen-bond acceptors (Lipinski definition) is 6. The molecular weight excluding hydrogens is 310 g/mol. The van der Waals surface area contributed by atoms with E-state index in [0.29, 0.717) is 12.1 Å². The Labute approximate surface area is 109 Å². The summed E-state index contributed by atoms with van der Waals surface area (Å²) >= 11 is 0. The number of nitro benzene ring substituents is 1. The number of halogens is 3. The van der Waals surface area contributed by atoms with Crippen LogP contribution in [-0.4, -0.2) is 20.0 Å². The fourth-order valence-corrected chi connectivity index (χ4v) is 2.13. The van der Waals surface area contributed by atoms with E-state index in [1.165, 1.54) is 6.07 Å². The van der Waals surface area contributed by atoms with Crippen molar-refractivity contribution in [2.75, 3.05) is 0 Å². The van der Waals surface area contributed by atoms with Crippen LogP contribution < -0.4 is 4.74 Å². The molecule has 0 fully saturated rings. The molecule has 7 nitrogen and oxygen atoms in total. The molecule has 0 N–H and O–H groups in total. The van der Waals surface area contributed by atoms with Gasteiger partial charge < -0.3 is 4.74 Å². The minimum atomic E-state index is -4.56.